The molecular formula is C10H18N2O4. The van der Waals surface area contributed by atoms with Gasteiger partial charge in [-0.05, 0) is 12.8 Å². The topological polar surface area (TPSA) is 95.5 Å². The third-order valence-electron chi connectivity index (χ3n) is 1.98. The predicted molar refractivity (Wildman–Crippen MR) is 58.1 cm³/mol. The van der Waals surface area contributed by atoms with Gasteiger partial charge in [-0.25, -0.2) is 9.59 Å². The fourth-order valence-electron chi connectivity index (χ4n) is 1.06. The maximum absolute atomic E-state index is 11.2. The number of Topliss-reactive ketones (excluding diaryl/α,β-unsaturated/α-hetero) is 1. The summed E-state index contributed by atoms with van der Waals surface area (Å²) in [6.45, 7) is 5.04. The summed E-state index contributed by atoms with van der Waals surface area (Å²) in [6.07, 6.45) is 0.243. The van der Waals surface area contributed by atoms with Crippen molar-refractivity contribution in [2.24, 2.45) is 5.92 Å². The number of hydrogen-bond acceptors (Lipinski definition) is 3. The normalized spacial score (nSPS) is 12.0. The SMILES string of the molecule is CC(=O)CCNC(=O)NC(C(=O)O)C(C)C. The molecule has 6 heteroatoms. The summed E-state index contributed by atoms with van der Waals surface area (Å²) in [5.41, 5.74) is 0. The van der Waals surface area contributed by atoms with Crippen LogP contribution in [0.4, 0.5) is 4.79 Å². The minimum atomic E-state index is -1.07. The third kappa shape index (κ3) is 6.00. The highest BCUT2D eigenvalue weighted by atomic mass is 16.4. The molecule has 16 heavy (non-hydrogen) atoms. The van der Waals surface area contributed by atoms with E-state index in [0.29, 0.717) is 0 Å². The smallest absolute Gasteiger partial charge is 0.326 e. The molecule has 0 saturated carbocycles. The van der Waals surface area contributed by atoms with Crippen molar-refractivity contribution in [2.45, 2.75) is 33.2 Å². The van der Waals surface area contributed by atoms with Crippen molar-refractivity contribution in [3.8, 4) is 0 Å². The van der Waals surface area contributed by atoms with Gasteiger partial charge in [-0.1, -0.05) is 13.8 Å². The van der Waals surface area contributed by atoms with Crippen LogP contribution < -0.4 is 10.6 Å². The van der Waals surface area contributed by atoms with E-state index in [0.717, 1.165) is 0 Å². The van der Waals surface area contributed by atoms with Gasteiger partial charge < -0.3 is 15.7 Å². The Balaban J connectivity index is 4.01. The Hall–Kier alpha value is -1.59. The summed E-state index contributed by atoms with van der Waals surface area (Å²) in [7, 11) is 0. The first-order valence-electron chi connectivity index (χ1n) is 5.11. The molecular weight excluding hydrogens is 212 g/mol. The van der Waals surface area contributed by atoms with Gasteiger partial charge in [0.05, 0.1) is 0 Å². The zero-order valence-corrected chi connectivity index (χ0v) is 9.74. The molecule has 3 N–H and O–H groups in total. The van der Waals surface area contributed by atoms with Gasteiger partial charge in [0.1, 0.15) is 11.8 Å². The highest BCUT2D eigenvalue weighted by Gasteiger charge is 2.22. The maximum Gasteiger partial charge on any atom is 0.326 e. The Morgan fingerprint density at radius 2 is 1.81 bits per heavy atom. The van der Waals surface area contributed by atoms with E-state index in [1.54, 1.807) is 13.8 Å². The second kappa shape index (κ2) is 6.81. The van der Waals surface area contributed by atoms with Crippen LogP contribution in [0.5, 0.6) is 0 Å². The molecule has 1 atom stereocenters. The average molecular weight is 230 g/mol. The molecule has 0 aliphatic heterocycles. The largest absolute Gasteiger partial charge is 0.480 e. The molecule has 92 valence electrons. The van der Waals surface area contributed by atoms with E-state index in [1.807, 2.05) is 0 Å². The molecule has 0 heterocycles. The van der Waals surface area contributed by atoms with Gasteiger partial charge in [-0.15, -0.1) is 0 Å². The highest BCUT2D eigenvalue weighted by molar-refractivity contribution is 5.83. The number of carbonyl (C=O) groups is 3. The molecule has 0 aliphatic carbocycles. The monoisotopic (exact) mass is 230 g/mol. The lowest BCUT2D eigenvalue weighted by Gasteiger charge is -2.18. The molecule has 0 rings (SSSR count). The van der Waals surface area contributed by atoms with E-state index in [9.17, 15) is 14.4 Å². The van der Waals surface area contributed by atoms with Crippen LogP contribution in [-0.4, -0.2) is 35.5 Å². The lowest BCUT2D eigenvalue weighted by atomic mass is 10.1. The Bertz CT molecular complexity index is 276. The molecule has 0 spiro atoms. The van der Waals surface area contributed by atoms with Crippen LogP contribution in [-0.2, 0) is 9.59 Å². The molecule has 0 radical (unpaired) electrons. The van der Waals surface area contributed by atoms with Crippen LogP contribution >= 0.6 is 0 Å². The molecule has 0 aliphatic rings. The maximum atomic E-state index is 11.2. The molecule has 2 amide bonds. The lowest BCUT2D eigenvalue weighted by Crippen LogP contribution is -2.48. The quantitative estimate of drug-likeness (QED) is 0.614. The molecule has 0 saturated heterocycles. The second-order valence-corrected chi connectivity index (χ2v) is 3.91. The standard InChI is InChI=1S/C10H18N2O4/c1-6(2)8(9(14)15)12-10(16)11-5-4-7(3)13/h6,8H,4-5H2,1-3H3,(H,14,15)(H2,11,12,16). The highest BCUT2D eigenvalue weighted by Crippen LogP contribution is 2.01. The summed E-state index contributed by atoms with van der Waals surface area (Å²) in [6, 6.07) is -1.49. The van der Waals surface area contributed by atoms with E-state index in [2.05, 4.69) is 10.6 Å². The Kier molecular flexibility index (Phi) is 6.14. The lowest BCUT2D eigenvalue weighted by molar-refractivity contribution is -0.140. The van der Waals surface area contributed by atoms with Crippen LogP contribution in [0, 0.1) is 5.92 Å². The van der Waals surface area contributed by atoms with Crippen LogP contribution in [0.15, 0.2) is 0 Å². The zero-order chi connectivity index (χ0) is 12.7. The van der Waals surface area contributed by atoms with Crippen LogP contribution in [0.25, 0.3) is 0 Å². The van der Waals surface area contributed by atoms with Crippen LogP contribution in [0.3, 0.4) is 0 Å². The molecule has 1 unspecified atom stereocenters. The number of carboxylic acids is 1. The fourth-order valence-corrected chi connectivity index (χ4v) is 1.06. The van der Waals surface area contributed by atoms with Gasteiger partial charge >= 0.3 is 12.0 Å². The van der Waals surface area contributed by atoms with Crippen molar-refractivity contribution in [3.05, 3.63) is 0 Å². The first-order valence-corrected chi connectivity index (χ1v) is 5.11. The van der Waals surface area contributed by atoms with Crippen molar-refractivity contribution in [2.75, 3.05) is 6.54 Å². The van der Waals surface area contributed by atoms with E-state index >= 15 is 0 Å². The van der Waals surface area contributed by atoms with Crippen molar-refractivity contribution in [1.29, 1.82) is 0 Å². The van der Waals surface area contributed by atoms with Gasteiger partial charge in [0.25, 0.3) is 0 Å². The molecule has 0 fully saturated rings. The number of nitrogens with one attached hydrogen (secondary N) is 2. The van der Waals surface area contributed by atoms with Gasteiger partial charge in [-0.2, -0.15) is 0 Å². The minimum Gasteiger partial charge on any atom is -0.480 e. The Labute approximate surface area is 94.4 Å². The van der Waals surface area contributed by atoms with Gasteiger partial charge in [0, 0.05) is 13.0 Å². The number of carboxylic acid groups (broad SMARTS) is 1. The number of ketones is 1. The number of carbonyl (C=O) groups excluding carboxylic acids is 2. The number of amides is 2. The average Bonchev–Trinajstić information content (AvgIpc) is 2.12. The van der Waals surface area contributed by atoms with Gasteiger partial charge in [0.2, 0.25) is 0 Å². The van der Waals surface area contributed by atoms with Crippen molar-refractivity contribution < 1.29 is 19.5 Å². The van der Waals surface area contributed by atoms with Gasteiger partial charge in [-0.3, -0.25) is 4.79 Å². The fraction of sp³-hybridized carbons (Fsp3) is 0.700. The minimum absolute atomic E-state index is 0.0288. The summed E-state index contributed by atoms with van der Waals surface area (Å²) in [5, 5.41) is 13.6. The summed E-state index contributed by atoms with van der Waals surface area (Å²) >= 11 is 0. The van der Waals surface area contributed by atoms with E-state index in [-0.39, 0.29) is 24.7 Å². The van der Waals surface area contributed by atoms with Crippen LogP contribution in [0.2, 0.25) is 0 Å². The molecule has 0 bridgehead atoms. The number of rotatable bonds is 6. The first-order chi connectivity index (χ1) is 7.34. The van der Waals surface area contributed by atoms with E-state index in [1.165, 1.54) is 6.92 Å². The Morgan fingerprint density at radius 3 is 2.19 bits per heavy atom. The first kappa shape index (κ1) is 14.4. The number of aliphatic carboxylic acids is 1. The predicted octanol–water partition coefficient (Wildman–Crippen LogP) is 0.374. The van der Waals surface area contributed by atoms with Crippen molar-refractivity contribution >= 4 is 17.8 Å². The van der Waals surface area contributed by atoms with Crippen molar-refractivity contribution in [1.82, 2.24) is 10.6 Å². The second-order valence-electron chi connectivity index (χ2n) is 3.91. The summed E-state index contributed by atoms with van der Waals surface area (Å²) in [5.74, 6) is -1.30. The molecule has 0 aromatic heterocycles. The molecule has 6 nitrogen and oxygen atoms in total. The Morgan fingerprint density at radius 1 is 1.25 bits per heavy atom. The molecule has 0 aromatic rings. The van der Waals surface area contributed by atoms with Crippen LogP contribution in [0.1, 0.15) is 27.2 Å². The van der Waals surface area contributed by atoms with E-state index < -0.39 is 18.0 Å². The third-order valence-corrected chi connectivity index (χ3v) is 1.98. The van der Waals surface area contributed by atoms with Gasteiger partial charge in [0.15, 0.2) is 0 Å². The summed E-state index contributed by atoms with van der Waals surface area (Å²) in [4.78, 5) is 32.6. The molecule has 0 aromatic carbocycles. The number of urea groups is 1. The number of hydrogen-bond donors (Lipinski definition) is 3. The van der Waals surface area contributed by atoms with E-state index in [4.69, 9.17) is 5.11 Å². The van der Waals surface area contributed by atoms with Crippen molar-refractivity contribution in [3.63, 3.8) is 0 Å². The summed E-state index contributed by atoms with van der Waals surface area (Å²) < 4.78 is 0. The zero-order valence-electron chi connectivity index (χ0n) is 9.74.